The summed E-state index contributed by atoms with van der Waals surface area (Å²) in [6.07, 6.45) is 2.01. The molecule has 0 saturated heterocycles. The SMILES string of the molecule is NCCc1cc(Cl)c(O)cn1. The third-order valence-electron chi connectivity index (χ3n) is 1.29. The summed E-state index contributed by atoms with van der Waals surface area (Å²) in [7, 11) is 0. The van der Waals surface area contributed by atoms with E-state index in [2.05, 4.69) is 4.98 Å². The molecule has 0 aliphatic heterocycles. The molecule has 1 aromatic heterocycles. The predicted octanol–water partition coefficient (Wildman–Crippen LogP) is 0.942. The van der Waals surface area contributed by atoms with Crippen molar-refractivity contribution in [3.63, 3.8) is 0 Å². The molecule has 0 saturated carbocycles. The van der Waals surface area contributed by atoms with Crippen LogP contribution in [0.2, 0.25) is 5.02 Å². The number of aromatic nitrogens is 1. The van der Waals surface area contributed by atoms with Crippen LogP contribution in [0, 0.1) is 0 Å². The van der Waals surface area contributed by atoms with Gasteiger partial charge in [0.15, 0.2) is 5.75 Å². The maximum absolute atomic E-state index is 8.99. The van der Waals surface area contributed by atoms with Crippen molar-refractivity contribution in [1.82, 2.24) is 4.98 Å². The first-order valence-corrected chi connectivity index (χ1v) is 3.65. The summed E-state index contributed by atoms with van der Waals surface area (Å²) in [5.41, 5.74) is 6.10. The average Bonchev–Trinajstić information content (AvgIpc) is 1.98. The lowest BCUT2D eigenvalue weighted by Crippen LogP contribution is -2.03. The molecule has 0 spiro atoms. The molecule has 0 aliphatic rings. The summed E-state index contributed by atoms with van der Waals surface area (Å²) in [6.45, 7) is 0.536. The Kier molecular flexibility index (Phi) is 2.68. The van der Waals surface area contributed by atoms with Gasteiger partial charge < -0.3 is 10.8 Å². The van der Waals surface area contributed by atoms with Crippen LogP contribution in [-0.4, -0.2) is 16.6 Å². The highest BCUT2D eigenvalue weighted by Crippen LogP contribution is 2.21. The van der Waals surface area contributed by atoms with E-state index >= 15 is 0 Å². The molecule has 3 N–H and O–H groups in total. The number of nitrogens with zero attached hydrogens (tertiary/aromatic N) is 1. The zero-order valence-corrected chi connectivity index (χ0v) is 6.67. The average molecular weight is 173 g/mol. The molecule has 0 bridgehead atoms. The van der Waals surface area contributed by atoms with E-state index < -0.39 is 0 Å². The molecule has 11 heavy (non-hydrogen) atoms. The molecule has 0 radical (unpaired) electrons. The third kappa shape index (κ3) is 2.06. The molecule has 1 aromatic rings. The molecular weight excluding hydrogens is 164 g/mol. The van der Waals surface area contributed by atoms with Gasteiger partial charge in [-0.1, -0.05) is 11.6 Å². The topological polar surface area (TPSA) is 59.1 Å². The van der Waals surface area contributed by atoms with Crippen LogP contribution in [0.25, 0.3) is 0 Å². The number of aromatic hydroxyl groups is 1. The van der Waals surface area contributed by atoms with Gasteiger partial charge in [0, 0.05) is 12.1 Å². The van der Waals surface area contributed by atoms with Gasteiger partial charge in [-0.3, -0.25) is 4.98 Å². The lowest BCUT2D eigenvalue weighted by atomic mass is 10.3. The fraction of sp³-hybridized carbons (Fsp3) is 0.286. The first kappa shape index (κ1) is 8.30. The van der Waals surface area contributed by atoms with Gasteiger partial charge >= 0.3 is 0 Å². The summed E-state index contributed by atoms with van der Waals surface area (Å²) < 4.78 is 0. The van der Waals surface area contributed by atoms with Crippen molar-refractivity contribution in [1.29, 1.82) is 0 Å². The second kappa shape index (κ2) is 3.55. The number of nitrogens with two attached hydrogens (primary N) is 1. The maximum Gasteiger partial charge on any atom is 0.152 e. The van der Waals surface area contributed by atoms with Crippen LogP contribution >= 0.6 is 11.6 Å². The fourth-order valence-corrected chi connectivity index (χ4v) is 0.923. The minimum Gasteiger partial charge on any atom is -0.505 e. The van der Waals surface area contributed by atoms with E-state index in [1.54, 1.807) is 6.07 Å². The first-order valence-electron chi connectivity index (χ1n) is 3.27. The van der Waals surface area contributed by atoms with Crippen molar-refractivity contribution in [2.75, 3.05) is 6.54 Å². The first-order chi connectivity index (χ1) is 5.24. The minimum absolute atomic E-state index is 0.00689. The molecule has 0 atom stereocenters. The van der Waals surface area contributed by atoms with E-state index in [9.17, 15) is 0 Å². The molecule has 0 aromatic carbocycles. The molecule has 0 amide bonds. The normalized spacial score (nSPS) is 10.0. The van der Waals surface area contributed by atoms with E-state index in [0.717, 1.165) is 5.69 Å². The Morgan fingerprint density at radius 2 is 2.36 bits per heavy atom. The highest BCUT2D eigenvalue weighted by atomic mass is 35.5. The number of hydrogen-bond acceptors (Lipinski definition) is 3. The summed E-state index contributed by atoms with van der Waals surface area (Å²) in [6, 6.07) is 1.61. The van der Waals surface area contributed by atoms with Gasteiger partial charge in [0.05, 0.1) is 11.2 Å². The molecule has 1 rings (SSSR count). The van der Waals surface area contributed by atoms with E-state index in [0.29, 0.717) is 18.0 Å². The molecule has 4 heteroatoms. The zero-order valence-electron chi connectivity index (χ0n) is 5.92. The molecule has 1 heterocycles. The van der Waals surface area contributed by atoms with Crippen LogP contribution < -0.4 is 5.73 Å². The monoisotopic (exact) mass is 172 g/mol. The molecule has 3 nitrogen and oxygen atoms in total. The summed E-state index contributed by atoms with van der Waals surface area (Å²) in [5.74, 6) is 0.00689. The minimum atomic E-state index is 0.00689. The van der Waals surface area contributed by atoms with Crippen LogP contribution in [0.15, 0.2) is 12.3 Å². The van der Waals surface area contributed by atoms with E-state index in [4.69, 9.17) is 22.4 Å². The Bertz CT molecular complexity index is 252. The van der Waals surface area contributed by atoms with Crippen LogP contribution in [0.3, 0.4) is 0 Å². The number of hydrogen-bond donors (Lipinski definition) is 2. The zero-order chi connectivity index (χ0) is 8.27. The van der Waals surface area contributed by atoms with Gasteiger partial charge in [-0.25, -0.2) is 0 Å². The number of rotatable bonds is 2. The number of halogens is 1. The molecule has 60 valence electrons. The van der Waals surface area contributed by atoms with E-state index in [1.807, 2.05) is 0 Å². The second-order valence-electron chi connectivity index (χ2n) is 2.17. The van der Waals surface area contributed by atoms with Crippen LogP contribution in [0.1, 0.15) is 5.69 Å². The maximum atomic E-state index is 8.99. The molecular formula is C7H9ClN2O. The highest BCUT2D eigenvalue weighted by molar-refractivity contribution is 6.31. The van der Waals surface area contributed by atoms with E-state index in [1.165, 1.54) is 6.20 Å². The Morgan fingerprint density at radius 1 is 1.64 bits per heavy atom. The Hall–Kier alpha value is -0.800. The molecule has 0 aliphatic carbocycles. The Labute approximate surface area is 69.8 Å². The Balaban J connectivity index is 2.86. The molecule has 0 fully saturated rings. The summed E-state index contributed by atoms with van der Waals surface area (Å²) in [5, 5.41) is 9.31. The highest BCUT2D eigenvalue weighted by Gasteiger charge is 1.99. The summed E-state index contributed by atoms with van der Waals surface area (Å²) >= 11 is 5.62. The smallest absolute Gasteiger partial charge is 0.152 e. The third-order valence-corrected chi connectivity index (χ3v) is 1.59. The van der Waals surface area contributed by atoms with Crippen molar-refractivity contribution in [2.24, 2.45) is 5.73 Å². The second-order valence-corrected chi connectivity index (χ2v) is 2.57. The quantitative estimate of drug-likeness (QED) is 0.698. The lowest BCUT2D eigenvalue weighted by molar-refractivity contribution is 0.472. The molecule has 0 unspecified atom stereocenters. The van der Waals surface area contributed by atoms with Crippen LogP contribution in [-0.2, 0) is 6.42 Å². The van der Waals surface area contributed by atoms with Crippen LogP contribution in [0.4, 0.5) is 0 Å². The van der Waals surface area contributed by atoms with Crippen molar-refractivity contribution in [3.8, 4) is 5.75 Å². The van der Waals surface area contributed by atoms with Crippen molar-refractivity contribution >= 4 is 11.6 Å². The lowest BCUT2D eigenvalue weighted by Gasteiger charge is -1.99. The summed E-state index contributed by atoms with van der Waals surface area (Å²) in [4.78, 5) is 3.91. The van der Waals surface area contributed by atoms with Gasteiger partial charge in [-0.05, 0) is 12.6 Å². The standard InChI is InChI=1S/C7H9ClN2O/c8-6-3-5(1-2-9)10-4-7(6)11/h3-4,11H,1-2,9H2. The van der Waals surface area contributed by atoms with Crippen molar-refractivity contribution < 1.29 is 5.11 Å². The van der Waals surface area contributed by atoms with Gasteiger partial charge in [-0.2, -0.15) is 0 Å². The van der Waals surface area contributed by atoms with Crippen molar-refractivity contribution in [3.05, 3.63) is 23.0 Å². The van der Waals surface area contributed by atoms with Gasteiger partial charge in [-0.15, -0.1) is 0 Å². The van der Waals surface area contributed by atoms with Crippen molar-refractivity contribution in [2.45, 2.75) is 6.42 Å². The van der Waals surface area contributed by atoms with E-state index in [-0.39, 0.29) is 5.75 Å². The largest absolute Gasteiger partial charge is 0.505 e. The predicted molar refractivity (Wildman–Crippen MR) is 43.7 cm³/mol. The van der Waals surface area contributed by atoms with Crippen LogP contribution in [0.5, 0.6) is 5.75 Å². The Morgan fingerprint density at radius 3 is 2.91 bits per heavy atom. The van der Waals surface area contributed by atoms with Gasteiger partial charge in [0.25, 0.3) is 0 Å². The van der Waals surface area contributed by atoms with Gasteiger partial charge in [0.1, 0.15) is 0 Å². The number of pyridine rings is 1. The fourth-order valence-electron chi connectivity index (χ4n) is 0.748. The van der Waals surface area contributed by atoms with Gasteiger partial charge in [0.2, 0.25) is 0 Å².